The summed E-state index contributed by atoms with van der Waals surface area (Å²) in [6.07, 6.45) is 5.23. The maximum atomic E-state index is 6.28. The third-order valence-electron chi connectivity index (χ3n) is 5.23. The van der Waals surface area contributed by atoms with Gasteiger partial charge in [0.2, 0.25) is 0 Å². The molecule has 3 rings (SSSR count). The van der Waals surface area contributed by atoms with Gasteiger partial charge in [0, 0.05) is 25.7 Å². The van der Waals surface area contributed by atoms with Gasteiger partial charge in [0.15, 0.2) is 0 Å². The standard InChI is InChI=1S/C19H29ClN2O2/c1-23-19-6-5-16(14-18(19)20)15-22-8-3-2-4-17(22)7-9-21-10-12-24-13-11-21/h5-6,14,17H,2-4,7-13,15H2,1H3/t17-/m0/s1. The molecule has 0 bridgehead atoms. The number of nitrogens with zero attached hydrogens (tertiary/aromatic N) is 2. The molecule has 4 nitrogen and oxygen atoms in total. The number of morpholine rings is 1. The zero-order valence-electron chi connectivity index (χ0n) is 14.7. The summed E-state index contributed by atoms with van der Waals surface area (Å²) in [5.74, 6) is 0.753. The molecular formula is C19H29ClN2O2. The summed E-state index contributed by atoms with van der Waals surface area (Å²) in [6.45, 7) is 7.31. The average molecular weight is 353 g/mol. The van der Waals surface area contributed by atoms with E-state index in [0.29, 0.717) is 11.1 Å². The molecule has 1 aromatic rings. The van der Waals surface area contributed by atoms with Crippen molar-refractivity contribution < 1.29 is 9.47 Å². The maximum absolute atomic E-state index is 6.28. The summed E-state index contributed by atoms with van der Waals surface area (Å²) in [5, 5.41) is 0.705. The number of hydrogen-bond donors (Lipinski definition) is 0. The highest BCUT2D eigenvalue weighted by Crippen LogP contribution is 2.27. The highest BCUT2D eigenvalue weighted by molar-refractivity contribution is 6.32. The fourth-order valence-corrected chi connectivity index (χ4v) is 4.07. The third-order valence-corrected chi connectivity index (χ3v) is 5.53. The zero-order chi connectivity index (χ0) is 16.8. The predicted octanol–water partition coefficient (Wildman–Crippen LogP) is 3.43. The first-order valence-electron chi connectivity index (χ1n) is 9.13. The number of piperidine rings is 1. The van der Waals surface area contributed by atoms with Crippen LogP contribution in [-0.2, 0) is 11.3 Å². The van der Waals surface area contributed by atoms with Gasteiger partial charge in [-0.25, -0.2) is 0 Å². The van der Waals surface area contributed by atoms with E-state index in [1.165, 1.54) is 44.3 Å². The zero-order valence-corrected chi connectivity index (χ0v) is 15.4. The maximum Gasteiger partial charge on any atom is 0.137 e. The molecule has 0 amide bonds. The van der Waals surface area contributed by atoms with Gasteiger partial charge in [-0.15, -0.1) is 0 Å². The minimum absolute atomic E-state index is 0.683. The van der Waals surface area contributed by atoms with Gasteiger partial charge in [0.05, 0.1) is 25.3 Å². The Bertz CT molecular complexity index is 520. The van der Waals surface area contributed by atoms with E-state index >= 15 is 0 Å². The molecule has 2 fully saturated rings. The van der Waals surface area contributed by atoms with Crippen LogP contribution in [0.3, 0.4) is 0 Å². The second kappa shape index (κ2) is 9.04. The number of ether oxygens (including phenoxy) is 2. The van der Waals surface area contributed by atoms with Crippen molar-refractivity contribution in [1.82, 2.24) is 9.80 Å². The molecule has 2 aliphatic rings. The Morgan fingerprint density at radius 1 is 1.21 bits per heavy atom. The number of rotatable bonds is 6. The molecule has 0 aliphatic carbocycles. The highest BCUT2D eigenvalue weighted by atomic mass is 35.5. The van der Waals surface area contributed by atoms with E-state index < -0.39 is 0 Å². The van der Waals surface area contributed by atoms with Crippen LogP contribution in [-0.4, -0.2) is 62.3 Å². The van der Waals surface area contributed by atoms with E-state index in [1.54, 1.807) is 7.11 Å². The van der Waals surface area contributed by atoms with Crippen LogP contribution in [0.2, 0.25) is 5.02 Å². The van der Waals surface area contributed by atoms with Crippen molar-refractivity contribution in [3.63, 3.8) is 0 Å². The molecule has 24 heavy (non-hydrogen) atoms. The van der Waals surface area contributed by atoms with Crippen molar-refractivity contribution in [3.8, 4) is 5.75 Å². The quantitative estimate of drug-likeness (QED) is 0.783. The molecule has 2 saturated heterocycles. The monoisotopic (exact) mass is 352 g/mol. The molecule has 0 saturated carbocycles. The van der Waals surface area contributed by atoms with Crippen LogP contribution in [0.25, 0.3) is 0 Å². The Morgan fingerprint density at radius 3 is 2.79 bits per heavy atom. The van der Waals surface area contributed by atoms with Crippen molar-refractivity contribution in [2.24, 2.45) is 0 Å². The van der Waals surface area contributed by atoms with E-state index in [-0.39, 0.29) is 0 Å². The van der Waals surface area contributed by atoms with Gasteiger partial charge >= 0.3 is 0 Å². The highest BCUT2D eigenvalue weighted by Gasteiger charge is 2.23. The molecule has 134 valence electrons. The van der Waals surface area contributed by atoms with E-state index in [1.807, 2.05) is 12.1 Å². The van der Waals surface area contributed by atoms with Crippen LogP contribution < -0.4 is 4.74 Å². The fraction of sp³-hybridized carbons (Fsp3) is 0.684. The molecule has 1 atom stereocenters. The van der Waals surface area contributed by atoms with Crippen LogP contribution in [0.15, 0.2) is 18.2 Å². The van der Waals surface area contributed by atoms with Gasteiger partial charge in [-0.05, 0) is 50.0 Å². The molecule has 0 aromatic heterocycles. The van der Waals surface area contributed by atoms with E-state index in [9.17, 15) is 0 Å². The topological polar surface area (TPSA) is 24.9 Å². The molecule has 1 aromatic carbocycles. The SMILES string of the molecule is COc1ccc(CN2CCCC[C@H]2CCN2CCOCC2)cc1Cl. The Hall–Kier alpha value is -0.810. The van der Waals surface area contributed by atoms with Gasteiger partial charge in [0.1, 0.15) is 5.75 Å². The van der Waals surface area contributed by atoms with Gasteiger partial charge in [-0.2, -0.15) is 0 Å². The lowest BCUT2D eigenvalue weighted by molar-refractivity contribution is 0.0302. The largest absolute Gasteiger partial charge is 0.495 e. The van der Waals surface area contributed by atoms with Gasteiger partial charge in [-0.3, -0.25) is 9.80 Å². The summed E-state index contributed by atoms with van der Waals surface area (Å²) >= 11 is 6.28. The minimum Gasteiger partial charge on any atom is -0.495 e. The minimum atomic E-state index is 0.683. The van der Waals surface area contributed by atoms with Crippen LogP contribution in [0.1, 0.15) is 31.2 Å². The first-order valence-corrected chi connectivity index (χ1v) is 9.50. The Balaban J connectivity index is 1.56. The predicted molar refractivity (Wildman–Crippen MR) is 97.9 cm³/mol. The Labute approximate surface area is 150 Å². The smallest absolute Gasteiger partial charge is 0.137 e. The van der Waals surface area contributed by atoms with Crippen molar-refractivity contribution in [3.05, 3.63) is 28.8 Å². The van der Waals surface area contributed by atoms with Gasteiger partial charge < -0.3 is 9.47 Å². The average Bonchev–Trinajstić information content (AvgIpc) is 2.62. The van der Waals surface area contributed by atoms with Crippen molar-refractivity contribution in [2.45, 2.75) is 38.3 Å². The first kappa shape index (κ1) is 18.0. The van der Waals surface area contributed by atoms with E-state index in [4.69, 9.17) is 21.1 Å². The number of likely N-dealkylation sites (tertiary alicyclic amines) is 1. The van der Waals surface area contributed by atoms with E-state index in [0.717, 1.165) is 38.6 Å². The number of benzene rings is 1. The van der Waals surface area contributed by atoms with Crippen molar-refractivity contribution in [1.29, 1.82) is 0 Å². The normalized spacial score (nSPS) is 23.3. The molecule has 0 unspecified atom stereocenters. The third kappa shape index (κ3) is 4.85. The fourth-order valence-electron chi connectivity index (χ4n) is 3.79. The summed E-state index contributed by atoms with van der Waals surface area (Å²) in [4.78, 5) is 5.18. The van der Waals surface area contributed by atoms with Crippen molar-refractivity contribution in [2.75, 3.05) is 46.5 Å². The molecule has 5 heteroatoms. The number of halogens is 1. The summed E-state index contributed by atoms with van der Waals surface area (Å²) in [5.41, 5.74) is 1.28. The lowest BCUT2D eigenvalue weighted by atomic mass is 9.98. The Morgan fingerprint density at radius 2 is 2.04 bits per heavy atom. The summed E-state index contributed by atoms with van der Waals surface area (Å²) < 4.78 is 10.7. The second-order valence-electron chi connectivity index (χ2n) is 6.83. The molecule has 0 N–H and O–H groups in total. The van der Waals surface area contributed by atoms with E-state index in [2.05, 4.69) is 15.9 Å². The lowest BCUT2D eigenvalue weighted by Gasteiger charge is -2.37. The summed E-state index contributed by atoms with van der Waals surface area (Å²) in [6, 6.07) is 6.85. The number of hydrogen-bond acceptors (Lipinski definition) is 4. The molecule has 0 radical (unpaired) electrons. The molecular weight excluding hydrogens is 324 g/mol. The molecule has 2 heterocycles. The van der Waals surface area contributed by atoms with Crippen LogP contribution in [0.5, 0.6) is 5.75 Å². The summed E-state index contributed by atoms with van der Waals surface area (Å²) in [7, 11) is 1.66. The molecule has 2 aliphatic heterocycles. The lowest BCUT2D eigenvalue weighted by Crippen LogP contribution is -2.43. The van der Waals surface area contributed by atoms with Crippen LogP contribution in [0, 0.1) is 0 Å². The van der Waals surface area contributed by atoms with Crippen LogP contribution in [0.4, 0.5) is 0 Å². The molecule has 0 spiro atoms. The second-order valence-corrected chi connectivity index (χ2v) is 7.24. The van der Waals surface area contributed by atoms with Crippen molar-refractivity contribution >= 4 is 11.6 Å². The van der Waals surface area contributed by atoms with Crippen LogP contribution >= 0.6 is 11.6 Å². The van der Waals surface area contributed by atoms with Gasteiger partial charge in [-0.1, -0.05) is 24.1 Å². The Kier molecular flexibility index (Phi) is 6.78. The number of methoxy groups -OCH3 is 1. The first-order chi connectivity index (χ1) is 11.8. The van der Waals surface area contributed by atoms with Gasteiger partial charge in [0.25, 0.3) is 0 Å².